The Morgan fingerprint density at radius 1 is 1.45 bits per heavy atom. The molecule has 11 heavy (non-hydrogen) atoms. The Morgan fingerprint density at radius 3 is 2.18 bits per heavy atom. The second kappa shape index (κ2) is 2.14. The summed E-state index contributed by atoms with van der Waals surface area (Å²) in [7, 11) is 0. The molecule has 1 fully saturated rings. The summed E-state index contributed by atoms with van der Waals surface area (Å²) in [5.41, 5.74) is 9.17. The fraction of sp³-hybridized carbons (Fsp3) is 0.833. The highest BCUT2D eigenvalue weighted by Crippen LogP contribution is 2.45. The maximum atomic E-state index is 12.3. The van der Waals surface area contributed by atoms with Gasteiger partial charge in [-0.1, -0.05) is 0 Å². The molecule has 0 aromatic carbocycles. The number of alkyl halides is 2. The normalized spacial score (nSPS) is 25.7. The van der Waals surface area contributed by atoms with Gasteiger partial charge in [-0.3, -0.25) is 4.79 Å². The van der Waals surface area contributed by atoms with Crippen LogP contribution in [0.2, 0.25) is 0 Å². The van der Waals surface area contributed by atoms with Gasteiger partial charge < -0.3 is 11.5 Å². The van der Waals surface area contributed by atoms with Crippen molar-refractivity contribution in [3.63, 3.8) is 0 Å². The lowest BCUT2D eigenvalue weighted by atomic mass is 9.72. The first-order chi connectivity index (χ1) is 4.83. The van der Waals surface area contributed by atoms with Crippen molar-refractivity contribution in [3.05, 3.63) is 0 Å². The molecule has 1 rings (SSSR count). The Kier molecular flexibility index (Phi) is 1.63. The lowest BCUT2D eigenvalue weighted by Gasteiger charge is -2.43. The number of rotatable bonds is 2. The molecule has 1 saturated carbocycles. The molecule has 64 valence electrons. The molecule has 0 heterocycles. The molecule has 3 nitrogen and oxygen atoms in total. The van der Waals surface area contributed by atoms with E-state index in [9.17, 15) is 13.6 Å². The van der Waals surface area contributed by atoms with E-state index in [4.69, 9.17) is 11.5 Å². The third kappa shape index (κ3) is 1.86. The number of amides is 1. The summed E-state index contributed by atoms with van der Waals surface area (Å²) in [5.74, 6) is -3.31. The number of hydrogen-bond acceptors (Lipinski definition) is 2. The maximum absolute atomic E-state index is 12.3. The Morgan fingerprint density at radius 2 is 1.91 bits per heavy atom. The van der Waals surface area contributed by atoms with Crippen molar-refractivity contribution in [2.75, 3.05) is 0 Å². The van der Waals surface area contributed by atoms with Crippen LogP contribution in [0.1, 0.15) is 19.3 Å². The first-order valence-electron chi connectivity index (χ1n) is 3.28. The quantitative estimate of drug-likeness (QED) is 0.602. The van der Waals surface area contributed by atoms with Gasteiger partial charge in [0.05, 0.1) is 0 Å². The Labute approximate surface area is 62.7 Å². The van der Waals surface area contributed by atoms with Gasteiger partial charge in [0.15, 0.2) is 0 Å². The number of nitrogens with two attached hydrogens (primary N) is 2. The van der Waals surface area contributed by atoms with Crippen LogP contribution in [0, 0.1) is 0 Å². The first kappa shape index (κ1) is 8.39. The van der Waals surface area contributed by atoms with Crippen LogP contribution in [-0.4, -0.2) is 17.4 Å². The lowest BCUT2D eigenvalue weighted by molar-refractivity contribution is -0.137. The Balaban J connectivity index is 2.43. The van der Waals surface area contributed by atoms with Crippen LogP contribution < -0.4 is 11.5 Å². The van der Waals surface area contributed by atoms with Gasteiger partial charge in [-0.15, -0.1) is 0 Å². The number of halogens is 2. The van der Waals surface area contributed by atoms with E-state index in [1.54, 1.807) is 0 Å². The molecule has 0 radical (unpaired) electrons. The highest BCUT2D eigenvalue weighted by Gasteiger charge is 2.54. The van der Waals surface area contributed by atoms with E-state index in [-0.39, 0.29) is 6.42 Å². The summed E-state index contributed by atoms with van der Waals surface area (Å²) in [4.78, 5) is 10.3. The van der Waals surface area contributed by atoms with Crippen molar-refractivity contribution >= 4 is 5.91 Å². The largest absolute Gasteiger partial charge is 0.370 e. The van der Waals surface area contributed by atoms with Crippen LogP contribution >= 0.6 is 0 Å². The summed E-state index contributed by atoms with van der Waals surface area (Å²) < 4.78 is 24.5. The number of carbonyl (C=O) groups excluding carboxylic acids is 1. The third-order valence-corrected chi connectivity index (χ3v) is 1.75. The molecule has 0 unspecified atom stereocenters. The van der Waals surface area contributed by atoms with Crippen molar-refractivity contribution in [1.29, 1.82) is 0 Å². The van der Waals surface area contributed by atoms with Crippen LogP contribution in [0.25, 0.3) is 0 Å². The summed E-state index contributed by atoms with van der Waals surface area (Å²) in [6.45, 7) is 0. The predicted octanol–water partition coefficient (Wildman–Crippen LogP) is -0.0116. The van der Waals surface area contributed by atoms with Crippen LogP contribution in [0.3, 0.4) is 0 Å². The monoisotopic (exact) mass is 164 g/mol. The summed E-state index contributed by atoms with van der Waals surface area (Å²) >= 11 is 0. The van der Waals surface area contributed by atoms with Crippen LogP contribution in [0.15, 0.2) is 0 Å². The van der Waals surface area contributed by atoms with Crippen molar-refractivity contribution in [2.24, 2.45) is 11.5 Å². The molecule has 0 spiro atoms. The Bertz CT molecular complexity index is 185. The fourth-order valence-electron chi connectivity index (χ4n) is 1.45. The predicted molar refractivity (Wildman–Crippen MR) is 34.9 cm³/mol. The van der Waals surface area contributed by atoms with Gasteiger partial charge >= 0.3 is 0 Å². The van der Waals surface area contributed by atoms with Crippen molar-refractivity contribution in [2.45, 2.75) is 30.7 Å². The van der Waals surface area contributed by atoms with E-state index in [1.807, 2.05) is 0 Å². The molecule has 1 amide bonds. The summed E-state index contributed by atoms with van der Waals surface area (Å²) in [5, 5.41) is 0. The standard InChI is InChI=1S/C6H10F2N2O/c7-6(8)2-5(10,3-6)1-4(9)11/h1-3,10H2,(H2,9,11). The lowest BCUT2D eigenvalue weighted by Crippen LogP contribution is -2.59. The minimum atomic E-state index is -2.69. The van der Waals surface area contributed by atoms with E-state index in [2.05, 4.69) is 0 Å². The molecule has 1 aliphatic rings. The zero-order valence-electron chi connectivity index (χ0n) is 5.94. The van der Waals surface area contributed by atoms with Gasteiger partial charge in [0.1, 0.15) is 0 Å². The second-order valence-electron chi connectivity index (χ2n) is 3.21. The zero-order chi connectivity index (χ0) is 8.70. The van der Waals surface area contributed by atoms with Crippen LogP contribution in [0.5, 0.6) is 0 Å². The van der Waals surface area contributed by atoms with E-state index in [1.165, 1.54) is 0 Å². The van der Waals surface area contributed by atoms with Crippen LogP contribution in [0.4, 0.5) is 8.78 Å². The topological polar surface area (TPSA) is 69.1 Å². The van der Waals surface area contributed by atoms with Gasteiger partial charge in [-0.05, 0) is 0 Å². The fourth-order valence-corrected chi connectivity index (χ4v) is 1.45. The number of hydrogen-bond donors (Lipinski definition) is 2. The van der Waals surface area contributed by atoms with Gasteiger partial charge in [0.25, 0.3) is 5.92 Å². The minimum Gasteiger partial charge on any atom is -0.370 e. The molecular weight excluding hydrogens is 154 g/mol. The van der Waals surface area contributed by atoms with Crippen LogP contribution in [-0.2, 0) is 4.79 Å². The maximum Gasteiger partial charge on any atom is 0.251 e. The SMILES string of the molecule is NC(=O)CC1(N)CC(F)(F)C1. The molecule has 5 heteroatoms. The van der Waals surface area contributed by atoms with E-state index >= 15 is 0 Å². The molecule has 4 N–H and O–H groups in total. The summed E-state index contributed by atoms with van der Waals surface area (Å²) in [6.07, 6.45) is -1.01. The highest BCUT2D eigenvalue weighted by atomic mass is 19.3. The average molecular weight is 164 g/mol. The number of carbonyl (C=O) groups is 1. The second-order valence-corrected chi connectivity index (χ2v) is 3.21. The summed E-state index contributed by atoms with van der Waals surface area (Å²) in [6, 6.07) is 0. The molecule has 0 saturated heterocycles. The third-order valence-electron chi connectivity index (χ3n) is 1.75. The van der Waals surface area contributed by atoms with Gasteiger partial charge in [-0.25, -0.2) is 8.78 Å². The minimum absolute atomic E-state index is 0.150. The van der Waals surface area contributed by atoms with Crippen molar-refractivity contribution in [3.8, 4) is 0 Å². The molecule has 0 aromatic heterocycles. The van der Waals surface area contributed by atoms with Crippen molar-refractivity contribution in [1.82, 2.24) is 0 Å². The highest BCUT2D eigenvalue weighted by molar-refractivity contribution is 5.75. The van der Waals surface area contributed by atoms with Crippen molar-refractivity contribution < 1.29 is 13.6 Å². The van der Waals surface area contributed by atoms with E-state index in [0.717, 1.165) is 0 Å². The molecule has 1 aliphatic carbocycles. The smallest absolute Gasteiger partial charge is 0.251 e. The molecule has 0 aliphatic heterocycles. The molecule has 0 atom stereocenters. The van der Waals surface area contributed by atoms with Gasteiger partial charge in [-0.2, -0.15) is 0 Å². The molecular formula is C6H10F2N2O. The molecule has 0 bridgehead atoms. The van der Waals surface area contributed by atoms with Gasteiger partial charge in [0, 0.05) is 24.8 Å². The van der Waals surface area contributed by atoms with E-state index in [0.29, 0.717) is 0 Å². The first-order valence-corrected chi connectivity index (χ1v) is 3.28. The average Bonchev–Trinajstić information content (AvgIpc) is 1.52. The molecule has 0 aromatic rings. The van der Waals surface area contributed by atoms with E-state index < -0.39 is 30.2 Å². The number of primary amides is 1. The Hall–Kier alpha value is -0.710. The zero-order valence-corrected chi connectivity index (χ0v) is 5.94. The van der Waals surface area contributed by atoms with Gasteiger partial charge in [0.2, 0.25) is 5.91 Å².